The highest BCUT2D eigenvalue weighted by molar-refractivity contribution is 6.33. The van der Waals surface area contributed by atoms with Gasteiger partial charge in [-0.15, -0.1) is 4.73 Å². The molecule has 6 rings (SSSR count). The van der Waals surface area contributed by atoms with Crippen LogP contribution in [0.5, 0.6) is 0 Å². The minimum Gasteiger partial charge on any atom is -0.412 e. The van der Waals surface area contributed by atoms with E-state index < -0.39 is 11.5 Å². The largest absolute Gasteiger partial charge is 0.412 e. The number of pyridine rings is 2. The lowest BCUT2D eigenvalue weighted by molar-refractivity contribution is 0.102. The van der Waals surface area contributed by atoms with Gasteiger partial charge < -0.3 is 35.5 Å². The normalized spacial score (nSPS) is 13.4. The highest BCUT2D eigenvalue weighted by atomic mass is 35.5. The quantitative estimate of drug-likeness (QED) is 0.153. The van der Waals surface area contributed by atoms with E-state index in [1.807, 2.05) is 19.0 Å². The fourth-order valence-corrected chi connectivity index (χ4v) is 6.15. The second-order valence-electron chi connectivity index (χ2n) is 12.6. The highest BCUT2D eigenvalue weighted by Crippen LogP contribution is 2.31. The Morgan fingerprint density at radius 1 is 0.941 bits per heavy atom. The molecular weight excluding hydrogens is 691 g/mol. The van der Waals surface area contributed by atoms with E-state index >= 15 is 0 Å². The predicted molar refractivity (Wildman–Crippen MR) is 204 cm³/mol. The molecule has 266 valence electrons. The Balaban J connectivity index is 1.17. The van der Waals surface area contributed by atoms with Crippen molar-refractivity contribution < 1.29 is 9.63 Å². The Bertz CT molecular complexity index is 2080. The maximum Gasteiger partial charge on any atom is 0.293 e. The number of fused-ring (bicyclic) bond motifs is 1. The van der Waals surface area contributed by atoms with Gasteiger partial charge >= 0.3 is 0 Å². The number of nitrogens with zero attached hydrogens (tertiary/aromatic N) is 7. The third-order valence-electron chi connectivity index (χ3n) is 8.58. The number of amides is 1. The van der Waals surface area contributed by atoms with Gasteiger partial charge in [-0.2, -0.15) is 4.98 Å². The minimum atomic E-state index is -0.473. The van der Waals surface area contributed by atoms with E-state index in [1.54, 1.807) is 36.5 Å². The second-order valence-corrected chi connectivity index (χ2v) is 13.4. The molecule has 13 nitrogen and oxygen atoms in total. The fraction of sp³-hybridized carbons (Fsp3) is 0.306. The van der Waals surface area contributed by atoms with Crippen LogP contribution in [0.3, 0.4) is 0 Å². The van der Waals surface area contributed by atoms with Gasteiger partial charge in [-0.3, -0.25) is 9.59 Å². The average molecular weight is 732 g/mol. The van der Waals surface area contributed by atoms with Crippen molar-refractivity contribution in [2.24, 2.45) is 0 Å². The van der Waals surface area contributed by atoms with E-state index in [4.69, 9.17) is 28.0 Å². The number of nitrogens with one attached hydrogen (secondary N) is 3. The third-order valence-corrected chi connectivity index (χ3v) is 9.10. The zero-order valence-corrected chi connectivity index (χ0v) is 30.4. The van der Waals surface area contributed by atoms with Crippen molar-refractivity contribution >= 4 is 63.3 Å². The van der Waals surface area contributed by atoms with Crippen LogP contribution in [0.4, 0.5) is 23.1 Å². The summed E-state index contributed by atoms with van der Waals surface area (Å²) >= 11 is 12.9. The molecule has 1 amide bonds. The zero-order chi connectivity index (χ0) is 36.1. The number of benzene rings is 2. The summed E-state index contributed by atoms with van der Waals surface area (Å²) in [6, 6.07) is 18.1. The van der Waals surface area contributed by atoms with Crippen LogP contribution in [-0.4, -0.2) is 103 Å². The smallest absolute Gasteiger partial charge is 0.293 e. The number of halogens is 2. The Morgan fingerprint density at radius 3 is 2.43 bits per heavy atom. The van der Waals surface area contributed by atoms with E-state index in [-0.39, 0.29) is 10.7 Å². The van der Waals surface area contributed by atoms with Crippen molar-refractivity contribution in [3.8, 4) is 11.1 Å². The molecule has 0 spiro atoms. The number of piperazine rings is 1. The van der Waals surface area contributed by atoms with Crippen LogP contribution in [-0.2, 0) is 6.54 Å². The van der Waals surface area contributed by atoms with E-state index in [0.717, 1.165) is 43.0 Å². The Hall–Kier alpha value is -4.95. The lowest BCUT2D eigenvalue weighted by Gasteiger charge is -2.34. The Morgan fingerprint density at radius 2 is 1.71 bits per heavy atom. The molecule has 3 aromatic heterocycles. The average Bonchev–Trinajstić information content (AvgIpc) is 3.11. The molecule has 2 aromatic carbocycles. The summed E-state index contributed by atoms with van der Waals surface area (Å²) in [4.78, 5) is 52.6. The van der Waals surface area contributed by atoms with Gasteiger partial charge in [0.05, 0.1) is 5.56 Å². The molecule has 1 aliphatic rings. The van der Waals surface area contributed by atoms with Crippen LogP contribution in [0.15, 0.2) is 71.7 Å². The molecule has 0 radical (unpaired) electrons. The number of carbonyl (C=O) groups excluding carboxylic acids is 1. The van der Waals surface area contributed by atoms with Gasteiger partial charge in [0, 0.05) is 84.9 Å². The lowest BCUT2D eigenvalue weighted by Crippen LogP contribution is -2.44. The lowest BCUT2D eigenvalue weighted by atomic mass is 10.1. The Kier molecular flexibility index (Phi) is 11.2. The topological polar surface area (TPSA) is 133 Å². The van der Waals surface area contributed by atoms with Crippen molar-refractivity contribution in [1.29, 1.82) is 0 Å². The second kappa shape index (κ2) is 15.9. The number of rotatable bonds is 12. The van der Waals surface area contributed by atoms with Crippen molar-refractivity contribution in [3.05, 3.63) is 98.5 Å². The summed E-state index contributed by atoms with van der Waals surface area (Å²) in [5, 5.41) is 10.4. The van der Waals surface area contributed by atoms with Gasteiger partial charge in [0.25, 0.3) is 11.5 Å². The molecule has 0 atom stereocenters. The first kappa shape index (κ1) is 35.9. The minimum absolute atomic E-state index is 0.168. The Labute approximate surface area is 306 Å². The highest BCUT2D eigenvalue weighted by Gasteiger charge is 2.18. The first-order chi connectivity index (χ1) is 24.6. The van der Waals surface area contributed by atoms with Gasteiger partial charge in [0.1, 0.15) is 18.1 Å². The molecule has 0 unspecified atom stereocenters. The molecular formula is C36H40Cl2N10O3. The van der Waals surface area contributed by atoms with Crippen LogP contribution >= 0.6 is 23.2 Å². The molecule has 0 saturated carbocycles. The maximum atomic E-state index is 13.6. The number of aromatic nitrogens is 4. The molecule has 0 bridgehead atoms. The predicted octanol–water partition coefficient (Wildman–Crippen LogP) is 4.81. The number of anilines is 4. The molecule has 1 aliphatic heterocycles. The van der Waals surface area contributed by atoms with Gasteiger partial charge in [0.15, 0.2) is 5.65 Å². The van der Waals surface area contributed by atoms with Gasteiger partial charge in [-0.1, -0.05) is 35.3 Å². The van der Waals surface area contributed by atoms with Crippen LogP contribution in [0.25, 0.3) is 22.2 Å². The molecule has 15 heteroatoms. The summed E-state index contributed by atoms with van der Waals surface area (Å²) in [7, 11) is 7.47. The number of carbonyl (C=O) groups is 1. The van der Waals surface area contributed by atoms with Crippen molar-refractivity contribution in [3.63, 3.8) is 0 Å². The molecule has 0 aliphatic carbocycles. The molecule has 3 N–H and O–H groups in total. The van der Waals surface area contributed by atoms with Crippen molar-refractivity contribution in [1.82, 2.24) is 29.5 Å². The monoisotopic (exact) mass is 730 g/mol. The molecule has 5 aromatic rings. The van der Waals surface area contributed by atoms with Crippen LogP contribution < -0.4 is 31.2 Å². The van der Waals surface area contributed by atoms with Crippen molar-refractivity contribution in [2.45, 2.75) is 6.54 Å². The van der Waals surface area contributed by atoms with Crippen molar-refractivity contribution in [2.75, 3.05) is 88.4 Å². The van der Waals surface area contributed by atoms with Gasteiger partial charge in [-0.05, 0) is 75.2 Å². The molecule has 1 fully saturated rings. The van der Waals surface area contributed by atoms with E-state index in [2.05, 4.69) is 72.0 Å². The van der Waals surface area contributed by atoms with Crippen LogP contribution in [0.2, 0.25) is 10.2 Å². The number of hydrogen-bond acceptors (Lipinski definition) is 11. The maximum absolute atomic E-state index is 13.6. The van der Waals surface area contributed by atoms with Crippen LogP contribution in [0.1, 0.15) is 15.9 Å². The van der Waals surface area contributed by atoms with E-state index in [0.29, 0.717) is 57.7 Å². The summed E-state index contributed by atoms with van der Waals surface area (Å²) in [6.45, 7) is 6.01. The molecule has 4 heterocycles. The molecule has 1 saturated heterocycles. The summed E-state index contributed by atoms with van der Waals surface area (Å²) in [6.07, 6.45) is 1.61. The number of likely N-dealkylation sites (N-methyl/N-ethyl adjacent to an activating group) is 2. The zero-order valence-electron chi connectivity index (χ0n) is 28.9. The first-order valence-electron chi connectivity index (χ1n) is 16.5. The summed E-state index contributed by atoms with van der Waals surface area (Å²) in [5.41, 5.74) is 3.47. The van der Waals surface area contributed by atoms with E-state index in [9.17, 15) is 9.59 Å². The number of hydrogen-bond donors (Lipinski definition) is 3. The van der Waals surface area contributed by atoms with Gasteiger partial charge in [-0.25, -0.2) is 9.97 Å². The van der Waals surface area contributed by atoms with Gasteiger partial charge in [0.2, 0.25) is 5.95 Å². The summed E-state index contributed by atoms with van der Waals surface area (Å²) in [5.74, 6) is 0.416. The van der Waals surface area contributed by atoms with Crippen LogP contribution in [0, 0.1) is 0 Å². The third kappa shape index (κ3) is 8.68. The standard InChI is InChI=1S/C36H40Cl2N10O3/c1-45(2)12-11-39-36-41-22-25-17-29(35(50)48(51-4)33(25)44-36)28-20-26(7-10-30(28)37)42-34(49)24-18-31(38)43-32(19-24)40-21-23-5-8-27(9-6-23)47-15-13-46(3)14-16-47/h5-10,17-20,22H,11-16,21H2,1-4H3,(H,40,43)(H,42,49)(H,39,41,44). The fourth-order valence-electron chi connectivity index (χ4n) is 5.72. The summed E-state index contributed by atoms with van der Waals surface area (Å²) < 4.78 is 1.10. The SMILES string of the molecule is COn1c(=O)c(-c2cc(NC(=O)c3cc(Cl)nc(NCc4ccc(N5CCN(C)CC5)cc4)c3)ccc2Cl)cc2cnc(NCCN(C)C)nc21. The van der Waals surface area contributed by atoms with E-state index in [1.165, 1.54) is 18.9 Å². The molecule has 51 heavy (non-hydrogen) atoms. The first-order valence-corrected chi connectivity index (χ1v) is 17.2.